The van der Waals surface area contributed by atoms with E-state index in [2.05, 4.69) is 5.32 Å². The van der Waals surface area contributed by atoms with Gasteiger partial charge in [0.25, 0.3) is 0 Å². The van der Waals surface area contributed by atoms with Crippen LogP contribution in [0.5, 0.6) is 11.5 Å². The number of amides is 1. The summed E-state index contributed by atoms with van der Waals surface area (Å²) in [6, 6.07) is 15.2. The normalized spacial score (nSPS) is 15.2. The van der Waals surface area contributed by atoms with Crippen LogP contribution in [0.15, 0.2) is 48.5 Å². The number of rotatable bonds is 4. The minimum atomic E-state index is -0.522. The van der Waals surface area contributed by atoms with Crippen molar-refractivity contribution in [3.63, 3.8) is 0 Å². The topological polar surface area (TPSA) is 64.6 Å². The molecule has 2 heterocycles. The molecule has 0 saturated carbocycles. The Morgan fingerprint density at radius 3 is 2.27 bits per heavy atom. The zero-order valence-corrected chi connectivity index (χ0v) is 19.5. The molecule has 1 aromatic heterocycles. The third-order valence-electron chi connectivity index (χ3n) is 6.33. The van der Waals surface area contributed by atoms with Crippen molar-refractivity contribution in [1.82, 2.24) is 0 Å². The largest absolute Gasteiger partial charge is 0.462 e. The SMILES string of the molecule is CCOC(=O)c1c(NC(=O)C2c3ccccc3Oc3ccccc32)sc2c1CCCCCC2. The van der Waals surface area contributed by atoms with Gasteiger partial charge in [-0.15, -0.1) is 11.3 Å². The summed E-state index contributed by atoms with van der Waals surface area (Å²) in [5.74, 6) is 0.323. The van der Waals surface area contributed by atoms with Crippen molar-refractivity contribution < 1.29 is 19.1 Å². The highest BCUT2D eigenvalue weighted by molar-refractivity contribution is 7.17. The molecule has 1 amide bonds. The first kappa shape index (κ1) is 21.7. The first-order valence-electron chi connectivity index (χ1n) is 11.7. The van der Waals surface area contributed by atoms with Gasteiger partial charge in [-0.25, -0.2) is 4.79 Å². The molecule has 2 aromatic carbocycles. The fourth-order valence-electron chi connectivity index (χ4n) is 4.80. The number of hydrogen-bond donors (Lipinski definition) is 1. The van der Waals surface area contributed by atoms with Crippen LogP contribution in [0.1, 0.15) is 70.5 Å². The smallest absolute Gasteiger partial charge is 0.341 e. The number of anilines is 1. The molecule has 0 radical (unpaired) electrons. The Morgan fingerprint density at radius 1 is 0.970 bits per heavy atom. The molecule has 0 saturated heterocycles. The Balaban J connectivity index is 1.54. The standard InChI is InChI=1S/C27H27NO4S/c1-2-31-27(30)24-19-13-5-3-4-6-16-22(19)33-26(24)28-25(29)23-17-11-7-9-14-20(17)32-21-15-10-8-12-18(21)23/h7-12,14-15,23H,2-6,13,16H2,1H3,(H,28,29). The minimum Gasteiger partial charge on any atom is -0.462 e. The number of para-hydroxylation sites is 2. The summed E-state index contributed by atoms with van der Waals surface area (Å²) in [4.78, 5) is 27.9. The van der Waals surface area contributed by atoms with Crippen LogP contribution >= 0.6 is 11.3 Å². The van der Waals surface area contributed by atoms with E-state index >= 15 is 0 Å². The van der Waals surface area contributed by atoms with Gasteiger partial charge >= 0.3 is 5.97 Å². The Morgan fingerprint density at radius 2 is 1.61 bits per heavy atom. The predicted octanol–water partition coefficient (Wildman–Crippen LogP) is 6.46. The molecule has 1 N–H and O–H groups in total. The van der Waals surface area contributed by atoms with E-state index in [-0.39, 0.29) is 11.9 Å². The second-order valence-electron chi connectivity index (χ2n) is 8.44. The first-order chi connectivity index (χ1) is 16.2. The Hall–Kier alpha value is -3.12. The third-order valence-corrected chi connectivity index (χ3v) is 7.54. The molecular formula is C27H27NO4S. The van der Waals surface area contributed by atoms with Crippen LogP contribution in [0.4, 0.5) is 5.00 Å². The fourth-order valence-corrected chi connectivity index (χ4v) is 6.08. The molecule has 33 heavy (non-hydrogen) atoms. The van der Waals surface area contributed by atoms with Crippen molar-refractivity contribution in [3.05, 3.63) is 75.7 Å². The first-order valence-corrected chi connectivity index (χ1v) is 12.5. The zero-order valence-electron chi connectivity index (χ0n) is 18.7. The van der Waals surface area contributed by atoms with E-state index in [0.29, 0.717) is 28.7 Å². The number of ether oxygens (including phenoxy) is 2. The number of thiophene rings is 1. The van der Waals surface area contributed by atoms with Crippen molar-refractivity contribution in [2.24, 2.45) is 0 Å². The fraction of sp³-hybridized carbons (Fsp3) is 0.333. The number of fused-ring (bicyclic) bond motifs is 3. The second kappa shape index (κ2) is 9.40. The monoisotopic (exact) mass is 461 g/mol. The molecule has 5 rings (SSSR count). The highest BCUT2D eigenvalue weighted by Gasteiger charge is 2.34. The van der Waals surface area contributed by atoms with Gasteiger partial charge in [-0.3, -0.25) is 4.79 Å². The maximum absolute atomic E-state index is 13.8. The Labute approximate surface area is 197 Å². The molecule has 0 bridgehead atoms. The molecule has 1 aliphatic carbocycles. The second-order valence-corrected chi connectivity index (χ2v) is 9.55. The average Bonchev–Trinajstić information content (AvgIpc) is 3.13. The predicted molar refractivity (Wildman–Crippen MR) is 130 cm³/mol. The summed E-state index contributed by atoms with van der Waals surface area (Å²) >= 11 is 1.53. The molecule has 6 heteroatoms. The van der Waals surface area contributed by atoms with E-state index in [0.717, 1.165) is 48.8 Å². The van der Waals surface area contributed by atoms with Crippen LogP contribution in [0, 0.1) is 0 Å². The van der Waals surface area contributed by atoms with Gasteiger partial charge in [-0.2, -0.15) is 0 Å². The molecule has 5 nitrogen and oxygen atoms in total. The maximum Gasteiger partial charge on any atom is 0.341 e. The van der Waals surface area contributed by atoms with Crippen molar-refractivity contribution in [1.29, 1.82) is 0 Å². The van der Waals surface area contributed by atoms with Gasteiger partial charge in [0.05, 0.1) is 18.1 Å². The number of carbonyl (C=O) groups is 2. The van der Waals surface area contributed by atoms with Crippen molar-refractivity contribution in [2.45, 2.75) is 51.4 Å². The lowest BCUT2D eigenvalue weighted by molar-refractivity contribution is -0.116. The van der Waals surface area contributed by atoms with Gasteiger partial charge in [-0.05, 0) is 50.3 Å². The summed E-state index contributed by atoms with van der Waals surface area (Å²) < 4.78 is 11.4. The van der Waals surface area contributed by atoms with E-state index in [4.69, 9.17) is 9.47 Å². The van der Waals surface area contributed by atoms with Crippen LogP contribution in [0.25, 0.3) is 0 Å². The van der Waals surface area contributed by atoms with E-state index in [1.54, 1.807) is 0 Å². The van der Waals surface area contributed by atoms with Crippen LogP contribution < -0.4 is 10.1 Å². The highest BCUT2D eigenvalue weighted by atomic mass is 32.1. The summed E-state index contributed by atoms with van der Waals surface area (Å²) in [5.41, 5.74) is 3.24. The maximum atomic E-state index is 13.8. The average molecular weight is 462 g/mol. The van der Waals surface area contributed by atoms with Gasteiger partial charge in [0.15, 0.2) is 0 Å². The molecule has 0 fully saturated rings. The van der Waals surface area contributed by atoms with Crippen LogP contribution in [-0.2, 0) is 22.4 Å². The number of hydrogen-bond acceptors (Lipinski definition) is 5. The molecule has 0 unspecified atom stereocenters. The van der Waals surface area contributed by atoms with Crippen LogP contribution in [0.2, 0.25) is 0 Å². The van der Waals surface area contributed by atoms with Gasteiger partial charge in [0, 0.05) is 16.0 Å². The van der Waals surface area contributed by atoms with Crippen molar-refractivity contribution >= 4 is 28.2 Å². The van der Waals surface area contributed by atoms with Crippen molar-refractivity contribution in [3.8, 4) is 11.5 Å². The number of benzene rings is 2. The number of esters is 1. The molecule has 1 aliphatic heterocycles. The van der Waals surface area contributed by atoms with Gasteiger partial charge in [0.1, 0.15) is 16.5 Å². The number of aryl methyl sites for hydroxylation is 1. The minimum absolute atomic E-state index is 0.169. The summed E-state index contributed by atoms with van der Waals surface area (Å²) in [5, 5.41) is 3.73. The number of carbonyl (C=O) groups excluding carboxylic acids is 2. The van der Waals surface area contributed by atoms with E-state index in [1.807, 2.05) is 55.5 Å². The molecule has 170 valence electrons. The highest BCUT2D eigenvalue weighted by Crippen LogP contribution is 2.45. The van der Waals surface area contributed by atoms with E-state index in [9.17, 15) is 9.59 Å². The molecule has 0 spiro atoms. The summed E-state index contributed by atoms with van der Waals surface area (Å²) in [6.07, 6.45) is 6.29. The van der Waals surface area contributed by atoms with E-state index < -0.39 is 5.92 Å². The van der Waals surface area contributed by atoms with Crippen molar-refractivity contribution in [2.75, 3.05) is 11.9 Å². The Bertz CT molecular complexity index is 1150. The zero-order chi connectivity index (χ0) is 22.8. The molecule has 3 aromatic rings. The lowest BCUT2D eigenvalue weighted by Crippen LogP contribution is -2.25. The number of nitrogens with one attached hydrogen (secondary N) is 1. The van der Waals surface area contributed by atoms with Gasteiger partial charge < -0.3 is 14.8 Å². The quantitative estimate of drug-likeness (QED) is 0.453. The lowest BCUT2D eigenvalue weighted by Gasteiger charge is -2.27. The molecule has 0 atom stereocenters. The summed E-state index contributed by atoms with van der Waals surface area (Å²) in [6.45, 7) is 2.11. The van der Waals surface area contributed by atoms with Crippen LogP contribution in [0.3, 0.4) is 0 Å². The molecule has 2 aliphatic rings. The van der Waals surface area contributed by atoms with Gasteiger partial charge in [0.2, 0.25) is 5.91 Å². The summed E-state index contributed by atoms with van der Waals surface area (Å²) in [7, 11) is 0. The van der Waals surface area contributed by atoms with Crippen LogP contribution in [-0.4, -0.2) is 18.5 Å². The van der Waals surface area contributed by atoms with E-state index in [1.165, 1.54) is 22.6 Å². The third kappa shape index (κ3) is 4.15. The lowest BCUT2D eigenvalue weighted by atomic mass is 9.87. The molecular weight excluding hydrogens is 434 g/mol. The van der Waals surface area contributed by atoms with Gasteiger partial charge in [-0.1, -0.05) is 49.2 Å². The Kier molecular flexibility index (Phi) is 6.18.